The molecule has 7 nitrogen and oxygen atoms in total. The molecule has 3 aliphatic rings. The van der Waals surface area contributed by atoms with Crippen LogP contribution >= 0.6 is 0 Å². The topological polar surface area (TPSA) is 79.1 Å². The lowest BCUT2D eigenvalue weighted by molar-refractivity contribution is -0.137. The smallest absolute Gasteiger partial charge is 0.239 e. The van der Waals surface area contributed by atoms with E-state index in [0.29, 0.717) is 32.8 Å². The molecule has 0 bridgehead atoms. The molecule has 3 saturated heterocycles. The van der Waals surface area contributed by atoms with Crippen LogP contribution in [0.4, 0.5) is 0 Å². The Labute approximate surface area is 150 Å². The molecule has 0 spiro atoms. The number of carbonyl (C=O) groups is 2. The van der Waals surface area contributed by atoms with Gasteiger partial charge >= 0.3 is 0 Å². The van der Waals surface area contributed by atoms with Crippen LogP contribution in [0.3, 0.4) is 0 Å². The normalized spacial score (nSPS) is 25.0. The molecule has 0 aliphatic carbocycles. The van der Waals surface area contributed by atoms with E-state index in [1.54, 1.807) is 0 Å². The van der Waals surface area contributed by atoms with E-state index in [2.05, 4.69) is 4.90 Å². The molecule has 2 amide bonds. The predicted octanol–water partition coefficient (Wildman–Crippen LogP) is -0.103. The highest BCUT2D eigenvalue weighted by Crippen LogP contribution is 2.19. The molecular weight excluding hydrogens is 320 g/mol. The van der Waals surface area contributed by atoms with Crippen molar-refractivity contribution in [3.8, 4) is 0 Å². The van der Waals surface area contributed by atoms with Crippen molar-refractivity contribution in [3.05, 3.63) is 0 Å². The molecule has 1 atom stereocenters. The number of amides is 2. The van der Waals surface area contributed by atoms with Crippen LogP contribution in [-0.2, 0) is 14.3 Å². The highest BCUT2D eigenvalue weighted by molar-refractivity contribution is 5.82. The van der Waals surface area contributed by atoms with Crippen LogP contribution in [0.1, 0.15) is 32.1 Å². The molecule has 0 saturated carbocycles. The summed E-state index contributed by atoms with van der Waals surface area (Å²) in [5, 5.41) is 0. The van der Waals surface area contributed by atoms with Gasteiger partial charge in [0.05, 0.1) is 12.6 Å². The van der Waals surface area contributed by atoms with Gasteiger partial charge in [0.2, 0.25) is 11.8 Å². The van der Waals surface area contributed by atoms with E-state index in [1.807, 2.05) is 9.80 Å². The maximum absolute atomic E-state index is 12.6. The Morgan fingerprint density at radius 1 is 0.920 bits per heavy atom. The summed E-state index contributed by atoms with van der Waals surface area (Å²) in [6, 6.07) is -0.412. The van der Waals surface area contributed by atoms with Gasteiger partial charge in [-0.05, 0) is 38.0 Å². The zero-order chi connectivity index (χ0) is 17.6. The zero-order valence-corrected chi connectivity index (χ0v) is 15.2. The van der Waals surface area contributed by atoms with Gasteiger partial charge in [0.1, 0.15) is 0 Å². The monoisotopic (exact) mass is 352 g/mol. The maximum Gasteiger partial charge on any atom is 0.239 e. The Morgan fingerprint density at radius 3 is 2.20 bits per heavy atom. The SMILES string of the molecule is NC(C(=O)N1CCN(CC(=O)N2CCCCC2)CC1)C1CCOCC1. The van der Waals surface area contributed by atoms with Gasteiger partial charge in [-0.15, -0.1) is 0 Å². The standard InChI is InChI=1S/C18H32N4O3/c19-17(15-4-12-25-13-5-15)18(24)22-10-8-20(9-11-22)14-16(23)21-6-2-1-3-7-21/h15,17H,1-14,19H2. The first-order valence-electron chi connectivity index (χ1n) is 9.77. The highest BCUT2D eigenvalue weighted by atomic mass is 16.5. The van der Waals surface area contributed by atoms with E-state index in [1.165, 1.54) is 6.42 Å². The summed E-state index contributed by atoms with van der Waals surface area (Å²) >= 11 is 0. The molecule has 7 heteroatoms. The Balaban J connectivity index is 1.41. The van der Waals surface area contributed by atoms with Gasteiger partial charge in [-0.3, -0.25) is 14.5 Å². The zero-order valence-electron chi connectivity index (χ0n) is 15.2. The van der Waals surface area contributed by atoms with Gasteiger partial charge in [0.15, 0.2) is 0 Å². The molecule has 3 fully saturated rings. The van der Waals surface area contributed by atoms with Crippen LogP contribution in [-0.4, -0.2) is 91.6 Å². The van der Waals surface area contributed by atoms with Gasteiger partial charge in [-0.25, -0.2) is 0 Å². The van der Waals surface area contributed by atoms with Crippen LogP contribution in [0.15, 0.2) is 0 Å². The van der Waals surface area contributed by atoms with Gasteiger partial charge in [-0.2, -0.15) is 0 Å². The van der Waals surface area contributed by atoms with E-state index in [0.717, 1.165) is 51.9 Å². The second-order valence-corrected chi connectivity index (χ2v) is 7.52. The van der Waals surface area contributed by atoms with Crippen molar-refractivity contribution < 1.29 is 14.3 Å². The summed E-state index contributed by atoms with van der Waals surface area (Å²) < 4.78 is 5.35. The largest absolute Gasteiger partial charge is 0.381 e. The number of rotatable bonds is 4. The molecule has 0 radical (unpaired) electrons. The number of likely N-dealkylation sites (tertiary alicyclic amines) is 1. The van der Waals surface area contributed by atoms with E-state index >= 15 is 0 Å². The minimum atomic E-state index is -0.412. The van der Waals surface area contributed by atoms with Crippen molar-refractivity contribution in [3.63, 3.8) is 0 Å². The first-order valence-corrected chi connectivity index (χ1v) is 9.77. The summed E-state index contributed by atoms with van der Waals surface area (Å²) in [4.78, 5) is 31.0. The lowest BCUT2D eigenvalue weighted by Crippen LogP contribution is -2.56. The third kappa shape index (κ3) is 4.92. The molecular formula is C18H32N4O3. The van der Waals surface area contributed by atoms with Crippen LogP contribution < -0.4 is 5.73 Å². The van der Waals surface area contributed by atoms with Gasteiger partial charge in [0.25, 0.3) is 0 Å². The number of piperidine rings is 1. The van der Waals surface area contributed by atoms with Crippen molar-refractivity contribution in [1.82, 2.24) is 14.7 Å². The Bertz CT molecular complexity index is 453. The summed E-state index contributed by atoms with van der Waals surface area (Å²) in [6.45, 7) is 6.54. The number of nitrogens with zero attached hydrogens (tertiary/aromatic N) is 3. The maximum atomic E-state index is 12.6. The van der Waals surface area contributed by atoms with E-state index in [9.17, 15) is 9.59 Å². The molecule has 142 valence electrons. The van der Waals surface area contributed by atoms with Crippen LogP contribution in [0, 0.1) is 5.92 Å². The Morgan fingerprint density at radius 2 is 1.56 bits per heavy atom. The number of ether oxygens (including phenoxy) is 1. The Hall–Kier alpha value is -1.18. The van der Waals surface area contributed by atoms with Crippen LogP contribution in [0.5, 0.6) is 0 Å². The van der Waals surface area contributed by atoms with Gasteiger partial charge < -0.3 is 20.3 Å². The lowest BCUT2D eigenvalue weighted by Gasteiger charge is -2.38. The van der Waals surface area contributed by atoms with Crippen molar-refractivity contribution in [2.24, 2.45) is 11.7 Å². The minimum Gasteiger partial charge on any atom is -0.381 e. The summed E-state index contributed by atoms with van der Waals surface area (Å²) in [6.07, 6.45) is 5.22. The first kappa shape index (κ1) is 18.6. The van der Waals surface area contributed by atoms with E-state index in [-0.39, 0.29) is 17.7 Å². The molecule has 0 aromatic carbocycles. The molecule has 1 unspecified atom stereocenters. The predicted molar refractivity (Wildman–Crippen MR) is 95.0 cm³/mol. The third-order valence-electron chi connectivity index (χ3n) is 5.81. The van der Waals surface area contributed by atoms with Crippen molar-refractivity contribution in [1.29, 1.82) is 0 Å². The fourth-order valence-electron chi connectivity index (χ4n) is 4.05. The summed E-state index contributed by atoms with van der Waals surface area (Å²) in [5.74, 6) is 0.534. The molecule has 25 heavy (non-hydrogen) atoms. The Kier molecular flexibility index (Phi) is 6.67. The highest BCUT2D eigenvalue weighted by Gasteiger charge is 2.32. The average molecular weight is 352 g/mol. The lowest BCUT2D eigenvalue weighted by atomic mass is 9.91. The van der Waals surface area contributed by atoms with Gasteiger partial charge in [0, 0.05) is 52.5 Å². The second-order valence-electron chi connectivity index (χ2n) is 7.52. The van der Waals surface area contributed by atoms with Crippen molar-refractivity contribution in [2.75, 3.05) is 59.0 Å². The minimum absolute atomic E-state index is 0.0638. The van der Waals surface area contributed by atoms with Gasteiger partial charge in [-0.1, -0.05) is 0 Å². The summed E-state index contributed by atoms with van der Waals surface area (Å²) in [5.41, 5.74) is 6.21. The number of hydrogen-bond donors (Lipinski definition) is 1. The fraction of sp³-hybridized carbons (Fsp3) is 0.889. The van der Waals surface area contributed by atoms with Crippen LogP contribution in [0.25, 0.3) is 0 Å². The molecule has 3 heterocycles. The molecule has 0 aromatic rings. The molecule has 2 N–H and O–H groups in total. The molecule has 0 aromatic heterocycles. The fourth-order valence-corrected chi connectivity index (χ4v) is 4.05. The molecule has 3 rings (SSSR count). The summed E-state index contributed by atoms with van der Waals surface area (Å²) in [7, 11) is 0. The second kappa shape index (κ2) is 8.96. The van der Waals surface area contributed by atoms with Crippen molar-refractivity contribution >= 4 is 11.8 Å². The average Bonchev–Trinajstić information content (AvgIpc) is 2.69. The van der Waals surface area contributed by atoms with E-state index in [4.69, 9.17) is 10.5 Å². The molecule has 3 aliphatic heterocycles. The van der Waals surface area contributed by atoms with E-state index < -0.39 is 6.04 Å². The number of hydrogen-bond acceptors (Lipinski definition) is 5. The van der Waals surface area contributed by atoms with Crippen molar-refractivity contribution in [2.45, 2.75) is 38.1 Å². The van der Waals surface area contributed by atoms with Crippen LogP contribution in [0.2, 0.25) is 0 Å². The quantitative estimate of drug-likeness (QED) is 0.764. The number of nitrogens with two attached hydrogens (primary N) is 1. The number of carbonyl (C=O) groups excluding carboxylic acids is 2. The third-order valence-corrected chi connectivity index (χ3v) is 5.81. The number of piperazine rings is 1. The first-order chi connectivity index (χ1) is 12.1.